The molecule has 2 atom stereocenters. The fourth-order valence-electron chi connectivity index (χ4n) is 3.96. The van der Waals surface area contributed by atoms with E-state index in [1.807, 2.05) is 0 Å². The summed E-state index contributed by atoms with van der Waals surface area (Å²) < 4.78 is 21.7. The van der Waals surface area contributed by atoms with Crippen molar-refractivity contribution in [2.45, 2.75) is 25.0 Å². The number of aliphatic hydroxyl groups is 1. The number of ether oxygens (including phenoxy) is 3. The molecule has 0 bridgehead atoms. The van der Waals surface area contributed by atoms with Gasteiger partial charge < -0.3 is 28.6 Å². The quantitative estimate of drug-likeness (QED) is 0.442. The lowest BCUT2D eigenvalue weighted by molar-refractivity contribution is -0.141. The lowest BCUT2D eigenvalue weighted by Gasteiger charge is -2.25. The summed E-state index contributed by atoms with van der Waals surface area (Å²) in [4.78, 5) is 27.2. The molecule has 158 valence electrons. The Morgan fingerprint density at radius 1 is 1.20 bits per heavy atom. The largest absolute Gasteiger partial charge is 0.507 e. The van der Waals surface area contributed by atoms with Crippen molar-refractivity contribution in [1.29, 1.82) is 0 Å². The van der Waals surface area contributed by atoms with Crippen LogP contribution in [-0.2, 0) is 14.3 Å². The number of hydrogen-bond donors (Lipinski definition) is 1. The Bertz CT molecular complexity index is 973. The second kappa shape index (κ2) is 8.23. The van der Waals surface area contributed by atoms with Crippen molar-refractivity contribution in [3.63, 3.8) is 0 Å². The summed E-state index contributed by atoms with van der Waals surface area (Å²) in [6.07, 6.45) is 3.04. The molecule has 0 aliphatic carbocycles. The smallest absolute Gasteiger partial charge is 0.295 e. The maximum absolute atomic E-state index is 12.9. The molecule has 2 saturated heterocycles. The molecule has 0 spiro atoms. The number of carbonyl (C=O) groups excluding carboxylic acids is 2. The zero-order valence-corrected chi connectivity index (χ0v) is 16.8. The van der Waals surface area contributed by atoms with E-state index < -0.39 is 17.7 Å². The van der Waals surface area contributed by atoms with Gasteiger partial charge in [-0.15, -0.1) is 0 Å². The van der Waals surface area contributed by atoms with E-state index in [4.69, 9.17) is 18.6 Å². The van der Waals surface area contributed by atoms with E-state index in [1.165, 1.54) is 25.4 Å². The van der Waals surface area contributed by atoms with Crippen LogP contribution in [0.5, 0.6) is 11.5 Å². The monoisotopic (exact) mass is 413 g/mol. The molecule has 4 rings (SSSR count). The van der Waals surface area contributed by atoms with Crippen molar-refractivity contribution in [1.82, 2.24) is 4.90 Å². The number of likely N-dealkylation sites (tertiary alicyclic amines) is 1. The molecule has 1 N–H and O–H groups in total. The summed E-state index contributed by atoms with van der Waals surface area (Å²) >= 11 is 0. The molecule has 2 aromatic rings. The maximum Gasteiger partial charge on any atom is 0.295 e. The summed E-state index contributed by atoms with van der Waals surface area (Å²) in [6, 6.07) is 7.30. The van der Waals surface area contributed by atoms with Crippen molar-refractivity contribution < 1.29 is 33.3 Å². The van der Waals surface area contributed by atoms with E-state index >= 15 is 0 Å². The lowest BCUT2D eigenvalue weighted by atomic mass is 9.99. The Morgan fingerprint density at radius 2 is 2.00 bits per heavy atom. The summed E-state index contributed by atoms with van der Waals surface area (Å²) in [6.45, 7) is 0.879. The summed E-state index contributed by atoms with van der Waals surface area (Å²) in [7, 11) is 2.98. The van der Waals surface area contributed by atoms with Gasteiger partial charge in [-0.25, -0.2) is 0 Å². The van der Waals surface area contributed by atoms with Gasteiger partial charge in [0.1, 0.15) is 17.6 Å². The van der Waals surface area contributed by atoms with Crippen molar-refractivity contribution >= 4 is 17.4 Å². The topological polar surface area (TPSA) is 98.4 Å². The highest BCUT2D eigenvalue weighted by molar-refractivity contribution is 6.46. The molecule has 2 aliphatic heterocycles. The highest BCUT2D eigenvalue weighted by atomic mass is 16.5. The molecular formula is C22H23NO7. The second-order valence-corrected chi connectivity index (χ2v) is 7.17. The molecule has 0 radical (unpaired) electrons. The fraction of sp³-hybridized carbons (Fsp3) is 0.364. The first-order chi connectivity index (χ1) is 14.5. The second-order valence-electron chi connectivity index (χ2n) is 7.17. The first kappa shape index (κ1) is 20.0. The fourth-order valence-corrected chi connectivity index (χ4v) is 3.96. The van der Waals surface area contributed by atoms with Crippen LogP contribution in [0, 0.1) is 0 Å². The van der Waals surface area contributed by atoms with E-state index in [-0.39, 0.29) is 24.0 Å². The SMILES string of the molecule is COc1ccc(/C(O)=C2/C(=O)C(=O)N(CC3CCCO3)C2c2ccco2)cc1OC. The zero-order chi connectivity index (χ0) is 21.3. The Hall–Kier alpha value is -3.26. The minimum Gasteiger partial charge on any atom is -0.507 e. The van der Waals surface area contributed by atoms with Gasteiger partial charge >= 0.3 is 0 Å². The van der Waals surface area contributed by atoms with E-state index in [9.17, 15) is 14.7 Å². The predicted octanol–water partition coefficient (Wildman–Crippen LogP) is 2.90. The third kappa shape index (κ3) is 3.43. The van der Waals surface area contributed by atoms with Crippen molar-refractivity contribution in [2.24, 2.45) is 0 Å². The molecule has 1 amide bonds. The minimum absolute atomic E-state index is 0.0276. The maximum atomic E-state index is 12.9. The van der Waals surface area contributed by atoms with Crippen molar-refractivity contribution in [3.05, 3.63) is 53.5 Å². The van der Waals surface area contributed by atoms with E-state index in [0.29, 0.717) is 29.4 Å². The van der Waals surface area contributed by atoms with Crippen LogP contribution in [0.1, 0.15) is 30.2 Å². The van der Waals surface area contributed by atoms with E-state index in [1.54, 1.807) is 30.3 Å². The summed E-state index contributed by atoms with van der Waals surface area (Å²) in [5.74, 6) is -0.476. The van der Waals surface area contributed by atoms with Crippen LogP contribution in [-0.4, -0.2) is 55.2 Å². The Labute approximate surface area is 173 Å². The first-order valence-electron chi connectivity index (χ1n) is 9.71. The molecular weight excluding hydrogens is 390 g/mol. The van der Waals surface area contributed by atoms with Gasteiger partial charge in [-0.1, -0.05) is 0 Å². The first-order valence-corrected chi connectivity index (χ1v) is 9.71. The van der Waals surface area contributed by atoms with Crippen LogP contribution in [0.25, 0.3) is 5.76 Å². The normalized spacial score (nSPS) is 23.2. The van der Waals surface area contributed by atoms with Gasteiger partial charge in [-0.05, 0) is 43.2 Å². The number of methoxy groups -OCH3 is 2. The van der Waals surface area contributed by atoms with Crippen molar-refractivity contribution in [2.75, 3.05) is 27.4 Å². The van der Waals surface area contributed by atoms with Crippen LogP contribution in [0.2, 0.25) is 0 Å². The number of ketones is 1. The number of aliphatic hydroxyl groups excluding tert-OH is 1. The van der Waals surface area contributed by atoms with Crippen LogP contribution < -0.4 is 9.47 Å². The molecule has 30 heavy (non-hydrogen) atoms. The number of hydrogen-bond acceptors (Lipinski definition) is 7. The number of Topliss-reactive ketones (excluding diaryl/α,β-unsaturated/α-hetero) is 1. The van der Waals surface area contributed by atoms with Crippen LogP contribution in [0.15, 0.2) is 46.6 Å². The average Bonchev–Trinajstić information content (AvgIpc) is 3.52. The summed E-state index contributed by atoms with van der Waals surface area (Å²) in [5, 5.41) is 11.1. The minimum atomic E-state index is -0.836. The molecule has 2 unspecified atom stereocenters. The van der Waals surface area contributed by atoms with Gasteiger partial charge in [0, 0.05) is 18.7 Å². The number of benzene rings is 1. The molecule has 8 heteroatoms. The molecule has 1 aromatic heterocycles. The Balaban J connectivity index is 1.79. The summed E-state index contributed by atoms with van der Waals surface area (Å²) in [5.41, 5.74) is 0.305. The predicted molar refractivity (Wildman–Crippen MR) is 106 cm³/mol. The molecule has 1 aromatic carbocycles. The van der Waals surface area contributed by atoms with Gasteiger partial charge in [0.2, 0.25) is 0 Å². The molecule has 2 fully saturated rings. The molecule has 8 nitrogen and oxygen atoms in total. The third-order valence-corrected chi connectivity index (χ3v) is 5.43. The van der Waals surface area contributed by atoms with Gasteiger partial charge in [-0.2, -0.15) is 0 Å². The van der Waals surface area contributed by atoms with Gasteiger partial charge in [0.05, 0.1) is 32.2 Å². The average molecular weight is 413 g/mol. The number of carbonyl (C=O) groups is 2. The Morgan fingerprint density at radius 3 is 2.63 bits per heavy atom. The van der Waals surface area contributed by atoms with Crippen LogP contribution in [0.4, 0.5) is 0 Å². The van der Waals surface area contributed by atoms with Gasteiger partial charge in [0.15, 0.2) is 11.5 Å². The number of amides is 1. The van der Waals surface area contributed by atoms with Gasteiger partial charge in [0.25, 0.3) is 11.7 Å². The van der Waals surface area contributed by atoms with Crippen LogP contribution >= 0.6 is 0 Å². The Kier molecular flexibility index (Phi) is 5.50. The zero-order valence-electron chi connectivity index (χ0n) is 16.8. The third-order valence-electron chi connectivity index (χ3n) is 5.43. The molecule has 2 aliphatic rings. The van der Waals surface area contributed by atoms with E-state index in [2.05, 4.69) is 0 Å². The highest BCUT2D eigenvalue weighted by Crippen LogP contribution is 2.41. The van der Waals surface area contributed by atoms with Crippen molar-refractivity contribution in [3.8, 4) is 11.5 Å². The highest BCUT2D eigenvalue weighted by Gasteiger charge is 2.48. The van der Waals surface area contributed by atoms with Gasteiger partial charge in [-0.3, -0.25) is 9.59 Å². The molecule has 3 heterocycles. The molecule has 0 saturated carbocycles. The number of rotatable bonds is 6. The standard InChI is InChI=1S/C22H23NO7/c1-27-15-8-7-13(11-17(15)28-2)20(24)18-19(16-6-4-10-30-16)23(22(26)21(18)25)12-14-5-3-9-29-14/h4,6-8,10-11,14,19,24H,3,5,9,12H2,1-2H3/b20-18-. The van der Waals surface area contributed by atoms with E-state index in [0.717, 1.165) is 12.8 Å². The van der Waals surface area contributed by atoms with Crippen LogP contribution in [0.3, 0.4) is 0 Å². The lowest BCUT2D eigenvalue weighted by Crippen LogP contribution is -2.36. The number of furan rings is 1. The number of nitrogens with zero attached hydrogens (tertiary/aromatic N) is 1.